The topological polar surface area (TPSA) is 48.5 Å². The van der Waals surface area contributed by atoms with E-state index in [9.17, 15) is 0 Å². The van der Waals surface area contributed by atoms with Gasteiger partial charge in [0.25, 0.3) is 0 Å². The number of rotatable bonds is 7. The van der Waals surface area contributed by atoms with Crippen LogP contribution in [0.25, 0.3) is 133 Å². The maximum Gasteiger partial charge on any atom is 0.238 e. The molecule has 0 bridgehead atoms. The second kappa shape index (κ2) is 17.0. The standard InChI is InChI=1S/C69H45N5/c1-3-18-44(19-4-1)48-22-17-23-49(42-48)45-34-36-47(37-35-45)68-70-67(46-20-5-2-6-21-46)71-69(72-68)74-62-33-16-13-30-58(62)66-64(74)41-40-63-65(66)57-29-12-15-32-61(57)73(63)60-31-14-11-24-51(60)50-38-39-56-54-27-8-7-25-52(54)53-26-9-10-28-55(53)59(56)43-50/h1-18,20-44H,19H2. The summed E-state index contributed by atoms with van der Waals surface area (Å²) in [7, 11) is 0. The number of aromatic nitrogens is 5. The maximum absolute atomic E-state index is 5.37. The highest BCUT2D eigenvalue weighted by Gasteiger charge is 2.24. The third-order valence-corrected chi connectivity index (χ3v) is 15.3. The van der Waals surface area contributed by atoms with Gasteiger partial charge in [-0.25, -0.2) is 4.98 Å². The molecule has 0 radical (unpaired) electrons. The second-order valence-corrected chi connectivity index (χ2v) is 19.4. The smallest absolute Gasteiger partial charge is 0.238 e. The quantitative estimate of drug-likeness (QED) is 0.150. The van der Waals surface area contributed by atoms with Gasteiger partial charge in [0.05, 0.1) is 27.8 Å². The normalized spacial score (nSPS) is 13.6. The summed E-state index contributed by atoms with van der Waals surface area (Å²) in [5, 5.41) is 12.3. The molecule has 1 aliphatic rings. The van der Waals surface area contributed by atoms with Crippen LogP contribution in [0.1, 0.15) is 17.9 Å². The van der Waals surface area contributed by atoms with Crippen molar-refractivity contribution >= 4 is 75.9 Å². The van der Waals surface area contributed by atoms with Crippen LogP contribution in [0.4, 0.5) is 0 Å². The van der Waals surface area contributed by atoms with Crippen molar-refractivity contribution in [1.82, 2.24) is 24.1 Å². The molecule has 15 rings (SSSR count). The van der Waals surface area contributed by atoms with Gasteiger partial charge in [-0.2, -0.15) is 9.97 Å². The first-order valence-corrected chi connectivity index (χ1v) is 25.5. The van der Waals surface area contributed by atoms with Crippen LogP contribution >= 0.6 is 0 Å². The average Bonchev–Trinajstić information content (AvgIpc) is 4.01. The van der Waals surface area contributed by atoms with Gasteiger partial charge >= 0.3 is 0 Å². The summed E-state index contributed by atoms with van der Waals surface area (Å²) in [5.41, 5.74) is 13.3. The summed E-state index contributed by atoms with van der Waals surface area (Å²) >= 11 is 0. The Labute approximate surface area is 427 Å². The molecular weight excluding hydrogens is 899 g/mol. The number of fused-ring (bicyclic) bond motifs is 13. The monoisotopic (exact) mass is 943 g/mol. The summed E-state index contributed by atoms with van der Waals surface area (Å²) < 4.78 is 4.70. The molecule has 14 aromatic rings. The fourth-order valence-electron chi connectivity index (χ4n) is 11.9. The van der Waals surface area contributed by atoms with E-state index >= 15 is 0 Å². The molecule has 0 N–H and O–H groups in total. The van der Waals surface area contributed by atoms with Crippen molar-refractivity contribution in [2.75, 3.05) is 0 Å². The van der Waals surface area contributed by atoms with Crippen LogP contribution in [0.3, 0.4) is 0 Å². The predicted octanol–water partition coefficient (Wildman–Crippen LogP) is 17.8. The number of hydrogen-bond donors (Lipinski definition) is 0. The van der Waals surface area contributed by atoms with Crippen molar-refractivity contribution in [2.24, 2.45) is 0 Å². The Hall–Kier alpha value is -9.71. The lowest BCUT2D eigenvalue weighted by molar-refractivity contribution is 0.854. The van der Waals surface area contributed by atoms with E-state index in [1.54, 1.807) is 0 Å². The summed E-state index contributed by atoms with van der Waals surface area (Å²) in [6.07, 6.45) is 9.83. The highest BCUT2D eigenvalue weighted by molar-refractivity contribution is 6.29. The number of allylic oxidation sites excluding steroid dienone is 4. The molecule has 3 aromatic heterocycles. The van der Waals surface area contributed by atoms with Crippen molar-refractivity contribution in [3.8, 4) is 56.7 Å². The molecular formula is C69H45N5. The highest BCUT2D eigenvalue weighted by atomic mass is 15.2. The molecule has 0 fully saturated rings. The first-order valence-electron chi connectivity index (χ1n) is 25.5. The van der Waals surface area contributed by atoms with E-state index in [1.165, 1.54) is 65.3 Å². The fraction of sp³-hybridized carbons (Fsp3) is 0.0290. The Bertz CT molecular complexity index is 4600. The highest BCUT2D eigenvalue weighted by Crippen LogP contribution is 2.45. The zero-order chi connectivity index (χ0) is 48.7. The van der Waals surface area contributed by atoms with Crippen molar-refractivity contribution in [1.29, 1.82) is 0 Å². The largest absolute Gasteiger partial charge is 0.309 e. The van der Waals surface area contributed by atoms with Crippen LogP contribution < -0.4 is 0 Å². The van der Waals surface area contributed by atoms with Crippen molar-refractivity contribution in [3.05, 3.63) is 260 Å². The minimum atomic E-state index is 0.385. The molecule has 0 saturated carbocycles. The summed E-state index contributed by atoms with van der Waals surface area (Å²) in [6, 6.07) is 83.4. The van der Waals surface area contributed by atoms with E-state index in [1.807, 2.05) is 18.2 Å². The van der Waals surface area contributed by atoms with E-state index in [-0.39, 0.29) is 0 Å². The van der Waals surface area contributed by atoms with Gasteiger partial charge < -0.3 is 4.57 Å². The number of benzene rings is 11. The van der Waals surface area contributed by atoms with E-state index in [2.05, 4.69) is 246 Å². The van der Waals surface area contributed by atoms with Gasteiger partial charge in [-0.3, -0.25) is 4.57 Å². The Kier molecular flexibility index (Phi) is 9.64. The van der Waals surface area contributed by atoms with Gasteiger partial charge in [-0.05, 0) is 97.4 Å². The lowest BCUT2D eigenvalue weighted by Gasteiger charge is -2.16. The molecule has 0 spiro atoms. The first kappa shape index (κ1) is 42.0. The van der Waals surface area contributed by atoms with Gasteiger partial charge in [0.1, 0.15) is 0 Å². The van der Waals surface area contributed by atoms with Gasteiger partial charge in [0, 0.05) is 44.2 Å². The maximum atomic E-state index is 5.37. The predicted molar refractivity (Wildman–Crippen MR) is 308 cm³/mol. The number of hydrogen-bond acceptors (Lipinski definition) is 3. The molecule has 1 unspecified atom stereocenters. The molecule has 1 aliphatic carbocycles. The second-order valence-electron chi connectivity index (χ2n) is 19.4. The van der Waals surface area contributed by atoms with Crippen LogP contribution in [0.5, 0.6) is 0 Å². The number of nitrogens with zero attached hydrogens (tertiary/aromatic N) is 5. The van der Waals surface area contributed by atoms with Gasteiger partial charge in [0.2, 0.25) is 5.95 Å². The van der Waals surface area contributed by atoms with E-state index in [4.69, 9.17) is 15.0 Å². The molecule has 74 heavy (non-hydrogen) atoms. The minimum absolute atomic E-state index is 0.385. The molecule has 0 amide bonds. The van der Waals surface area contributed by atoms with Gasteiger partial charge in [0.15, 0.2) is 11.6 Å². The molecule has 3 heterocycles. The summed E-state index contributed by atoms with van der Waals surface area (Å²) in [4.78, 5) is 15.9. The van der Waals surface area contributed by atoms with E-state index in [0.717, 1.165) is 61.6 Å². The molecule has 5 heteroatoms. The fourth-order valence-corrected chi connectivity index (χ4v) is 11.9. The zero-order valence-electron chi connectivity index (χ0n) is 40.3. The Balaban J connectivity index is 0.910. The van der Waals surface area contributed by atoms with E-state index in [0.29, 0.717) is 23.5 Å². The number of para-hydroxylation sites is 3. The van der Waals surface area contributed by atoms with Crippen LogP contribution in [0.2, 0.25) is 0 Å². The van der Waals surface area contributed by atoms with Crippen molar-refractivity contribution < 1.29 is 0 Å². The zero-order valence-corrected chi connectivity index (χ0v) is 40.3. The third-order valence-electron chi connectivity index (χ3n) is 15.3. The van der Waals surface area contributed by atoms with Crippen LogP contribution in [-0.4, -0.2) is 24.1 Å². The Morgan fingerprint density at radius 1 is 0.338 bits per heavy atom. The van der Waals surface area contributed by atoms with E-state index < -0.39 is 0 Å². The molecule has 0 saturated heterocycles. The average molecular weight is 944 g/mol. The Morgan fingerprint density at radius 2 is 0.865 bits per heavy atom. The first-order chi connectivity index (χ1) is 36.7. The van der Waals surface area contributed by atoms with Gasteiger partial charge in [-0.15, -0.1) is 0 Å². The minimum Gasteiger partial charge on any atom is -0.309 e. The Morgan fingerprint density at radius 3 is 1.54 bits per heavy atom. The summed E-state index contributed by atoms with van der Waals surface area (Å²) in [6.45, 7) is 0. The van der Waals surface area contributed by atoms with Crippen molar-refractivity contribution in [3.63, 3.8) is 0 Å². The van der Waals surface area contributed by atoms with Crippen LogP contribution in [0.15, 0.2) is 255 Å². The molecule has 5 nitrogen and oxygen atoms in total. The van der Waals surface area contributed by atoms with Crippen LogP contribution in [0, 0.1) is 0 Å². The molecule has 1 atom stereocenters. The van der Waals surface area contributed by atoms with Crippen LogP contribution in [-0.2, 0) is 0 Å². The van der Waals surface area contributed by atoms with Crippen molar-refractivity contribution in [2.45, 2.75) is 12.3 Å². The lowest BCUT2D eigenvalue weighted by atomic mass is 9.90. The molecule has 346 valence electrons. The molecule has 0 aliphatic heterocycles. The SMILES string of the molecule is C1=CCC(c2cccc(-c3ccc(-c4nc(-c5ccccc5)nc(-n5c6ccccc6c6c7c8ccccc8n(-c8ccccc8-c8ccc9c%10ccccc%10c%10ccccc%10c9c8)c7ccc65)n4)cc3)c2)C=C1. The molecule has 11 aromatic carbocycles. The van der Waals surface area contributed by atoms with Gasteiger partial charge in [-0.1, -0.05) is 218 Å². The third kappa shape index (κ3) is 6.67. The lowest BCUT2D eigenvalue weighted by Crippen LogP contribution is -2.06. The summed E-state index contributed by atoms with van der Waals surface area (Å²) in [5.74, 6) is 2.18.